The van der Waals surface area contributed by atoms with E-state index in [0.29, 0.717) is 17.5 Å². The molecule has 2 heterocycles. The Balaban J connectivity index is 1.38. The molecule has 0 radical (unpaired) electrons. The van der Waals surface area contributed by atoms with Gasteiger partial charge in [0, 0.05) is 27.1 Å². The third-order valence-corrected chi connectivity index (χ3v) is 6.51. The maximum absolute atomic E-state index is 12.7. The number of ether oxygens (including phenoxy) is 1. The van der Waals surface area contributed by atoms with Crippen molar-refractivity contribution in [3.63, 3.8) is 0 Å². The third-order valence-electron chi connectivity index (χ3n) is 5.98. The highest BCUT2D eigenvalue weighted by Gasteiger charge is 2.11. The number of benzene rings is 3. The van der Waals surface area contributed by atoms with Crippen molar-refractivity contribution in [2.45, 2.75) is 20.5 Å². The number of halogens is 1. The lowest BCUT2D eigenvalue weighted by molar-refractivity contribution is 0.306. The number of aryl methyl sites for hydroxylation is 1. The van der Waals surface area contributed by atoms with Crippen LogP contribution >= 0.6 is 15.9 Å². The zero-order valence-electron chi connectivity index (χ0n) is 19.7. The first-order valence-electron chi connectivity index (χ1n) is 11.4. The van der Waals surface area contributed by atoms with Crippen molar-refractivity contribution in [1.29, 1.82) is 0 Å². The summed E-state index contributed by atoms with van der Waals surface area (Å²) in [5.41, 5.74) is 4.25. The highest BCUT2D eigenvalue weighted by Crippen LogP contribution is 2.23. The van der Waals surface area contributed by atoms with Gasteiger partial charge >= 0.3 is 5.69 Å². The van der Waals surface area contributed by atoms with E-state index in [0.717, 1.165) is 43.1 Å². The van der Waals surface area contributed by atoms with Gasteiger partial charge in [-0.3, -0.25) is 4.79 Å². The number of para-hydroxylation sites is 1. The lowest BCUT2D eigenvalue weighted by atomic mass is 10.2. The van der Waals surface area contributed by atoms with Crippen LogP contribution in [-0.2, 0) is 6.61 Å². The Hall–Kier alpha value is -4.17. The quantitative estimate of drug-likeness (QED) is 0.295. The average molecular weight is 543 g/mol. The Morgan fingerprint density at radius 3 is 2.44 bits per heavy atom. The van der Waals surface area contributed by atoms with Crippen LogP contribution in [0.4, 0.5) is 0 Å². The molecule has 36 heavy (non-hydrogen) atoms. The normalized spacial score (nSPS) is 11.4. The number of rotatable bonds is 6. The van der Waals surface area contributed by atoms with Crippen molar-refractivity contribution in [3.05, 3.63) is 127 Å². The van der Waals surface area contributed by atoms with Gasteiger partial charge in [0.05, 0.1) is 17.1 Å². The molecule has 1 N–H and O–H groups in total. The Morgan fingerprint density at radius 2 is 1.69 bits per heavy atom. The molecule has 5 aromatic rings. The largest absolute Gasteiger partial charge is 0.489 e. The third kappa shape index (κ3) is 4.67. The summed E-state index contributed by atoms with van der Waals surface area (Å²) >= 11 is 3.44. The number of aromatic amines is 1. The molecule has 0 aliphatic carbocycles. The number of aromatic nitrogens is 3. The van der Waals surface area contributed by atoms with Crippen molar-refractivity contribution in [2.24, 2.45) is 5.10 Å². The van der Waals surface area contributed by atoms with Crippen LogP contribution in [0.3, 0.4) is 0 Å². The molecule has 0 unspecified atom stereocenters. The highest BCUT2D eigenvalue weighted by molar-refractivity contribution is 9.10. The van der Waals surface area contributed by atoms with E-state index in [1.54, 1.807) is 30.5 Å². The van der Waals surface area contributed by atoms with Crippen molar-refractivity contribution in [1.82, 2.24) is 14.2 Å². The van der Waals surface area contributed by atoms with E-state index >= 15 is 0 Å². The minimum absolute atomic E-state index is 0.405. The van der Waals surface area contributed by atoms with Crippen LogP contribution in [-0.4, -0.2) is 20.4 Å². The first-order valence-corrected chi connectivity index (χ1v) is 12.1. The highest BCUT2D eigenvalue weighted by atomic mass is 79.9. The van der Waals surface area contributed by atoms with Crippen LogP contribution in [0.1, 0.15) is 22.5 Å². The molecule has 0 spiro atoms. The number of H-pyrrole nitrogens is 1. The minimum atomic E-state index is -0.581. The molecule has 0 fully saturated rings. The molecular formula is C28H23BrN4O3. The van der Waals surface area contributed by atoms with E-state index in [4.69, 9.17) is 4.74 Å². The maximum Gasteiger partial charge on any atom is 0.349 e. The summed E-state index contributed by atoms with van der Waals surface area (Å²) in [7, 11) is 0. The van der Waals surface area contributed by atoms with Gasteiger partial charge in [0.2, 0.25) is 0 Å². The van der Waals surface area contributed by atoms with Gasteiger partial charge in [-0.1, -0.05) is 40.2 Å². The van der Waals surface area contributed by atoms with Gasteiger partial charge in [0.25, 0.3) is 5.56 Å². The summed E-state index contributed by atoms with van der Waals surface area (Å²) in [6, 6.07) is 24.7. The van der Waals surface area contributed by atoms with Gasteiger partial charge in [0.1, 0.15) is 12.4 Å². The minimum Gasteiger partial charge on any atom is -0.489 e. The van der Waals surface area contributed by atoms with Crippen LogP contribution in [0, 0.1) is 13.8 Å². The molecule has 0 atom stereocenters. The molecule has 8 heteroatoms. The molecule has 2 aromatic heterocycles. The fourth-order valence-corrected chi connectivity index (χ4v) is 4.40. The predicted molar refractivity (Wildman–Crippen MR) is 146 cm³/mol. The molecule has 0 amide bonds. The zero-order chi connectivity index (χ0) is 25.2. The van der Waals surface area contributed by atoms with E-state index in [2.05, 4.69) is 30.6 Å². The van der Waals surface area contributed by atoms with Gasteiger partial charge < -0.3 is 14.3 Å². The Morgan fingerprint density at radius 1 is 0.972 bits per heavy atom. The number of nitrogens with one attached hydrogen (secondary N) is 1. The molecule has 0 saturated carbocycles. The molecule has 0 saturated heterocycles. The molecule has 3 aromatic carbocycles. The SMILES string of the molecule is Cc1cc(C=Nn2c(=O)[nH]c3ccccc3c2=O)c(C)n1-c1ccc(OCc2ccc(Br)cc2)cc1. The van der Waals surface area contributed by atoms with Crippen LogP contribution < -0.4 is 16.0 Å². The summed E-state index contributed by atoms with van der Waals surface area (Å²) in [4.78, 5) is 27.9. The predicted octanol–water partition coefficient (Wildman–Crippen LogP) is 5.32. The van der Waals surface area contributed by atoms with Gasteiger partial charge in [-0.05, 0) is 74.0 Å². The van der Waals surface area contributed by atoms with Crippen LogP contribution in [0.25, 0.3) is 16.6 Å². The monoisotopic (exact) mass is 542 g/mol. The van der Waals surface area contributed by atoms with Crippen molar-refractivity contribution < 1.29 is 4.74 Å². The Labute approximate surface area is 215 Å². The van der Waals surface area contributed by atoms with Gasteiger partial charge in [-0.15, -0.1) is 4.68 Å². The van der Waals surface area contributed by atoms with Gasteiger partial charge in [0.15, 0.2) is 0 Å². The van der Waals surface area contributed by atoms with E-state index in [1.165, 1.54) is 0 Å². The summed E-state index contributed by atoms with van der Waals surface area (Å²) in [6.45, 7) is 4.46. The Bertz CT molecular complexity index is 1690. The molecule has 5 rings (SSSR count). The topological polar surface area (TPSA) is 81.4 Å². The molecule has 180 valence electrons. The number of hydrogen-bond acceptors (Lipinski definition) is 4. The first kappa shape index (κ1) is 23.6. The number of nitrogens with zero attached hydrogens (tertiary/aromatic N) is 3. The van der Waals surface area contributed by atoms with Crippen LogP contribution in [0.5, 0.6) is 5.75 Å². The Kier molecular flexibility index (Phi) is 6.43. The molecule has 0 aliphatic heterocycles. The standard InChI is InChI=1S/C28H23BrN4O3/c1-18-15-21(16-30-33-27(34)25-5-3-4-6-26(25)31-28(33)35)19(2)32(18)23-11-13-24(14-12-23)36-17-20-7-9-22(29)10-8-20/h3-16H,17H2,1-2H3,(H,31,35). The summed E-state index contributed by atoms with van der Waals surface area (Å²) in [5.74, 6) is 0.779. The van der Waals surface area contributed by atoms with E-state index in [9.17, 15) is 9.59 Å². The summed E-state index contributed by atoms with van der Waals surface area (Å²) < 4.78 is 9.90. The lowest BCUT2D eigenvalue weighted by Crippen LogP contribution is -2.32. The second kappa shape index (κ2) is 9.83. The lowest BCUT2D eigenvalue weighted by Gasteiger charge is -2.11. The van der Waals surface area contributed by atoms with E-state index < -0.39 is 11.2 Å². The van der Waals surface area contributed by atoms with E-state index in [-0.39, 0.29) is 0 Å². The van der Waals surface area contributed by atoms with E-state index in [1.807, 2.05) is 68.4 Å². The molecule has 0 bridgehead atoms. The molecule has 0 aliphatic rings. The second-order valence-electron chi connectivity index (χ2n) is 8.41. The fraction of sp³-hybridized carbons (Fsp3) is 0.107. The average Bonchev–Trinajstić information content (AvgIpc) is 3.16. The van der Waals surface area contributed by atoms with Gasteiger partial charge in [-0.2, -0.15) is 5.10 Å². The van der Waals surface area contributed by atoms with Crippen LogP contribution in [0.15, 0.2) is 98.0 Å². The second-order valence-corrected chi connectivity index (χ2v) is 9.32. The number of fused-ring (bicyclic) bond motifs is 1. The van der Waals surface area contributed by atoms with Crippen molar-refractivity contribution in [3.8, 4) is 11.4 Å². The smallest absolute Gasteiger partial charge is 0.349 e. The zero-order valence-corrected chi connectivity index (χ0v) is 21.3. The maximum atomic E-state index is 12.7. The number of hydrogen-bond donors (Lipinski definition) is 1. The summed E-state index contributed by atoms with van der Waals surface area (Å²) in [5, 5.41) is 4.61. The molecular weight excluding hydrogens is 520 g/mol. The summed E-state index contributed by atoms with van der Waals surface area (Å²) in [6.07, 6.45) is 1.54. The fourth-order valence-electron chi connectivity index (χ4n) is 4.13. The van der Waals surface area contributed by atoms with Crippen LogP contribution in [0.2, 0.25) is 0 Å². The van der Waals surface area contributed by atoms with Gasteiger partial charge in [-0.25, -0.2) is 4.79 Å². The van der Waals surface area contributed by atoms with Crippen molar-refractivity contribution >= 4 is 33.0 Å². The molecule has 7 nitrogen and oxygen atoms in total. The first-order chi connectivity index (χ1) is 17.4. The van der Waals surface area contributed by atoms with Crippen molar-refractivity contribution in [2.75, 3.05) is 0 Å².